The summed E-state index contributed by atoms with van der Waals surface area (Å²) in [5.41, 5.74) is 0. The minimum absolute atomic E-state index is 0.0669. The van der Waals surface area contributed by atoms with Crippen molar-refractivity contribution in [2.45, 2.75) is 25.6 Å². The molecule has 0 spiro atoms. The van der Waals surface area contributed by atoms with Crippen LogP contribution >= 0.6 is 11.3 Å². The standard InChI is InChI=1S/C8H10F3N5S/c1-3-4(12-2)5-15-16-6(8(9,10)11)13-14-7(16)17-5/h4,12H,3H2,1-2H3. The first-order valence-corrected chi connectivity index (χ1v) is 5.75. The minimum atomic E-state index is -4.54. The third kappa shape index (κ3) is 2.12. The molecule has 1 unspecified atom stereocenters. The summed E-state index contributed by atoms with van der Waals surface area (Å²) in [5.74, 6) is -1.08. The fraction of sp³-hybridized carbons (Fsp3) is 0.625. The van der Waals surface area contributed by atoms with E-state index in [1.165, 1.54) is 0 Å². The van der Waals surface area contributed by atoms with E-state index in [-0.39, 0.29) is 11.0 Å². The number of nitrogens with zero attached hydrogens (tertiary/aromatic N) is 4. The second-order valence-corrected chi connectivity index (χ2v) is 4.39. The quantitative estimate of drug-likeness (QED) is 0.920. The lowest BCUT2D eigenvalue weighted by Crippen LogP contribution is -2.16. The number of hydrogen-bond donors (Lipinski definition) is 1. The van der Waals surface area contributed by atoms with Crippen molar-refractivity contribution in [3.63, 3.8) is 0 Å². The van der Waals surface area contributed by atoms with Gasteiger partial charge in [-0.15, -0.1) is 10.2 Å². The van der Waals surface area contributed by atoms with Crippen molar-refractivity contribution < 1.29 is 13.2 Å². The minimum Gasteiger partial charge on any atom is -0.311 e. The lowest BCUT2D eigenvalue weighted by Gasteiger charge is -2.08. The molecule has 0 aliphatic heterocycles. The summed E-state index contributed by atoms with van der Waals surface area (Å²) in [6.07, 6.45) is -3.80. The number of halogens is 3. The lowest BCUT2D eigenvalue weighted by atomic mass is 10.2. The van der Waals surface area contributed by atoms with Crippen LogP contribution in [0.1, 0.15) is 30.2 Å². The average Bonchev–Trinajstić information content (AvgIpc) is 2.76. The second kappa shape index (κ2) is 4.22. The van der Waals surface area contributed by atoms with Gasteiger partial charge in [0.15, 0.2) is 0 Å². The summed E-state index contributed by atoms with van der Waals surface area (Å²) in [4.78, 5) is 0.154. The second-order valence-electron chi connectivity index (χ2n) is 3.41. The zero-order valence-corrected chi connectivity index (χ0v) is 9.93. The van der Waals surface area contributed by atoms with E-state index < -0.39 is 12.0 Å². The summed E-state index contributed by atoms with van der Waals surface area (Å²) in [6, 6.07) is -0.0669. The Morgan fingerprint density at radius 3 is 2.65 bits per heavy atom. The Morgan fingerprint density at radius 1 is 1.41 bits per heavy atom. The van der Waals surface area contributed by atoms with Gasteiger partial charge in [-0.25, -0.2) is 0 Å². The molecule has 0 radical (unpaired) electrons. The molecule has 2 heterocycles. The molecule has 2 aromatic rings. The van der Waals surface area contributed by atoms with Crippen LogP contribution < -0.4 is 5.32 Å². The summed E-state index contributed by atoms with van der Waals surface area (Å²) >= 11 is 1.11. The molecule has 1 N–H and O–H groups in total. The van der Waals surface area contributed by atoms with Gasteiger partial charge in [0.1, 0.15) is 5.01 Å². The summed E-state index contributed by atoms with van der Waals surface area (Å²) in [6.45, 7) is 1.92. The first-order valence-electron chi connectivity index (χ1n) is 4.94. The molecule has 2 aromatic heterocycles. The number of fused-ring (bicyclic) bond motifs is 1. The Balaban J connectivity index is 2.48. The van der Waals surface area contributed by atoms with E-state index in [2.05, 4.69) is 20.6 Å². The molecular weight excluding hydrogens is 255 g/mol. The van der Waals surface area contributed by atoms with Gasteiger partial charge >= 0.3 is 6.18 Å². The third-order valence-electron chi connectivity index (χ3n) is 2.31. The van der Waals surface area contributed by atoms with E-state index in [1.54, 1.807) is 7.05 Å². The van der Waals surface area contributed by atoms with E-state index in [0.29, 0.717) is 5.01 Å². The highest BCUT2D eigenvalue weighted by Gasteiger charge is 2.38. The molecule has 2 rings (SSSR count). The highest BCUT2D eigenvalue weighted by Crippen LogP contribution is 2.30. The van der Waals surface area contributed by atoms with Crippen LogP contribution in [0.4, 0.5) is 13.2 Å². The Morgan fingerprint density at radius 2 is 2.12 bits per heavy atom. The SMILES string of the molecule is CCC(NC)c1nn2c(C(F)(F)F)nnc2s1. The van der Waals surface area contributed by atoms with Gasteiger partial charge in [0.05, 0.1) is 6.04 Å². The van der Waals surface area contributed by atoms with Gasteiger partial charge in [-0.05, 0) is 13.5 Å². The number of nitrogens with one attached hydrogen (secondary N) is 1. The van der Waals surface area contributed by atoms with Crippen LogP contribution in [0.5, 0.6) is 0 Å². The molecule has 0 aromatic carbocycles. The van der Waals surface area contributed by atoms with Crippen molar-refractivity contribution in [2.75, 3.05) is 7.05 Å². The first kappa shape index (κ1) is 12.2. The van der Waals surface area contributed by atoms with Crippen LogP contribution in [0.25, 0.3) is 4.96 Å². The van der Waals surface area contributed by atoms with Crippen LogP contribution in [0.2, 0.25) is 0 Å². The van der Waals surface area contributed by atoms with Crippen LogP contribution in [0.15, 0.2) is 0 Å². The van der Waals surface area contributed by atoms with Crippen LogP contribution in [0, 0.1) is 0 Å². The van der Waals surface area contributed by atoms with Crippen molar-refractivity contribution >= 4 is 16.3 Å². The van der Waals surface area contributed by atoms with E-state index in [0.717, 1.165) is 22.3 Å². The molecule has 1 atom stereocenters. The molecule has 0 saturated heterocycles. The zero-order chi connectivity index (χ0) is 12.6. The Bertz CT molecular complexity index is 513. The van der Waals surface area contributed by atoms with Crippen molar-refractivity contribution in [3.8, 4) is 0 Å². The van der Waals surface area contributed by atoms with E-state index in [1.807, 2.05) is 6.92 Å². The van der Waals surface area contributed by atoms with E-state index in [4.69, 9.17) is 0 Å². The average molecular weight is 265 g/mol. The fourth-order valence-corrected chi connectivity index (χ4v) is 2.48. The topological polar surface area (TPSA) is 55.1 Å². The molecule has 5 nitrogen and oxygen atoms in total. The molecule has 17 heavy (non-hydrogen) atoms. The third-order valence-corrected chi connectivity index (χ3v) is 3.33. The maximum absolute atomic E-state index is 12.6. The highest BCUT2D eigenvalue weighted by atomic mass is 32.1. The number of aromatic nitrogens is 4. The van der Waals surface area contributed by atoms with Gasteiger partial charge in [0.2, 0.25) is 4.96 Å². The summed E-state index contributed by atoms with van der Waals surface area (Å²) in [7, 11) is 1.74. The predicted octanol–water partition coefficient (Wildman–Crippen LogP) is 1.88. The normalized spacial score (nSPS) is 14.4. The van der Waals surface area contributed by atoms with Gasteiger partial charge in [0, 0.05) is 0 Å². The van der Waals surface area contributed by atoms with Crippen LogP contribution in [-0.4, -0.2) is 26.9 Å². The van der Waals surface area contributed by atoms with Gasteiger partial charge < -0.3 is 5.32 Å². The molecule has 0 bridgehead atoms. The summed E-state index contributed by atoms with van der Waals surface area (Å²) < 4.78 is 38.4. The maximum atomic E-state index is 12.6. The Labute approximate surface area is 98.7 Å². The van der Waals surface area contributed by atoms with Gasteiger partial charge in [0.25, 0.3) is 5.82 Å². The molecular formula is C8H10F3N5S. The molecule has 9 heteroatoms. The molecule has 94 valence electrons. The molecule has 0 aliphatic carbocycles. The fourth-order valence-electron chi connectivity index (χ4n) is 1.45. The predicted molar refractivity (Wildman–Crippen MR) is 55.8 cm³/mol. The van der Waals surface area contributed by atoms with Crippen molar-refractivity contribution in [1.82, 2.24) is 25.1 Å². The smallest absolute Gasteiger partial charge is 0.311 e. The van der Waals surface area contributed by atoms with Gasteiger partial charge in [-0.3, -0.25) is 0 Å². The summed E-state index contributed by atoms with van der Waals surface area (Å²) in [5, 5.41) is 14.0. The van der Waals surface area contributed by atoms with Crippen LogP contribution in [-0.2, 0) is 6.18 Å². The van der Waals surface area contributed by atoms with Crippen molar-refractivity contribution in [2.24, 2.45) is 0 Å². The first-order chi connectivity index (χ1) is 7.97. The zero-order valence-electron chi connectivity index (χ0n) is 9.12. The molecule has 0 amide bonds. The van der Waals surface area contributed by atoms with Crippen molar-refractivity contribution in [1.29, 1.82) is 0 Å². The van der Waals surface area contributed by atoms with E-state index >= 15 is 0 Å². The molecule has 0 aliphatic rings. The Kier molecular flexibility index (Phi) is 3.04. The lowest BCUT2D eigenvalue weighted by molar-refractivity contribution is -0.146. The van der Waals surface area contributed by atoms with Crippen molar-refractivity contribution in [3.05, 3.63) is 10.8 Å². The highest BCUT2D eigenvalue weighted by molar-refractivity contribution is 7.16. The van der Waals surface area contributed by atoms with Gasteiger partial charge in [-0.1, -0.05) is 18.3 Å². The monoisotopic (exact) mass is 265 g/mol. The largest absolute Gasteiger partial charge is 0.453 e. The number of hydrogen-bond acceptors (Lipinski definition) is 5. The maximum Gasteiger partial charge on any atom is 0.453 e. The van der Waals surface area contributed by atoms with Crippen LogP contribution in [0.3, 0.4) is 0 Å². The van der Waals surface area contributed by atoms with Gasteiger partial charge in [-0.2, -0.15) is 22.8 Å². The number of rotatable bonds is 3. The van der Waals surface area contributed by atoms with E-state index in [9.17, 15) is 13.2 Å². The molecule has 0 saturated carbocycles. The number of alkyl halides is 3. The Hall–Kier alpha value is -1.22. The molecule has 0 fully saturated rings.